The molecule has 0 atom stereocenters. The van der Waals surface area contributed by atoms with E-state index in [1.54, 1.807) is 30.3 Å². The molecule has 0 saturated carbocycles. The summed E-state index contributed by atoms with van der Waals surface area (Å²) in [4.78, 5) is 26.1. The Bertz CT molecular complexity index is 1530. The Hall–Kier alpha value is -3.57. The smallest absolute Gasteiger partial charge is 0.301 e. The number of hydrogen-bond donors (Lipinski definition) is 0. The number of aromatic nitrogens is 3. The Morgan fingerprint density at radius 1 is 1.06 bits per heavy atom. The summed E-state index contributed by atoms with van der Waals surface area (Å²) in [6, 6.07) is 13.1. The van der Waals surface area contributed by atoms with Gasteiger partial charge in [0.05, 0.1) is 23.3 Å². The average Bonchev–Trinajstić information content (AvgIpc) is 2.81. The van der Waals surface area contributed by atoms with Crippen LogP contribution >= 0.6 is 11.6 Å². The van der Waals surface area contributed by atoms with Crippen LogP contribution in [0.3, 0.4) is 0 Å². The van der Waals surface area contributed by atoms with Crippen LogP contribution in [0.2, 0.25) is 5.15 Å². The normalized spacial score (nSPS) is 12.0. The summed E-state index contributed by atoms with van der Waals surface area (Å²) in [5, 5.41) is 0.710. The number of amides is 1. The highest BCUT2D eigenvalue weighted by Crippen LogP contribution is 2.30. The van der Waals surface area contributed by atoms with Crippen molar-refractivity contribution in [2.24, 2.45) is 0 Å². The third-order valence-electron chi connectivity index (χ3n) is 5.00. The lowest BCUT2D eigenvalue weighted by Gasteiger charge is -2.24. The predicted octanol–water partition coefficient (Wildman–Crippen LogP) is 4.95. The number of halogens is 4. The third-order valence-corrected chi connectivity index (χ3v) is 6.23. The SMILES string of the molecule is CS(=O)(=O)c1ncccc1N(Cc1ccc2ccc(Cl)nc2c1)C(=O)c1ccc(C(F)(F)F)nc1. The monoisotopic (exact) mass is 520 g/mol. The zero-order chi connectivity index (χ0) is 25.4. The van der Waals surface area contributed by atoms with Gasteiger partial charge in [0.15, 0.2) is 14.9 Å². The van der Waals surface area contributed by atoms with E-state index in [0.717, 1.165) is 28.8 Å². The van der Waals surface area contributed by atoms with E-state index in [0.29, 0.717) is 17.1 Å². The average molecular weight is 521 g/mol. The van der Waals surface area contributed by atoms with Crippen molar-refractivity contribution in [3.63, 3.8) is 0 Å². The maximum Gasteiger partial charge on any atom is 0.433 e. The number of fused-ring (bicyclic) bond motifs is 1. The molecule has 3 heterocycles. The highest BCUT2D eigenvalue weighted by atomic mass is 35.5. The molecule has 180 valence electrons. The number of alkyl halides is 3. The zero-order valence-electron chi connectivity index (χ0n) is 18.0. The van der Waals surface area contributed by atoms with Crippen molar-refractivity contribution in [1.29, 1.82) is 0 Å². The fourth-order valence-electron chi connectivity index (χ4n) is 3.40. The number of carbonyl (C=O) groups excluding carboxylic acids is 1. The molecule has 0 unspecified atom stereocenters. The Morgan fingerprint density at radius 2 is 1.80 bits per heavy atom. The van der Waals surface area contributed by atoms with Gasteiger partial charge in [-0.3, -0.25) is 9.78 Å². The minimum absolute atomic E-state index is 0.0287. The van der Waals surface area contributed by atoms with E-state index in [9.17, 15) is 26.4 Å². The van der Waals surface area contributed by atoms with Crippen molar-refractivity contribution in [1.82, 2.24) is 15.0 Å². The summed E-state index contributed by atoms with van der Waals surface area (Å²) in [6.45, 7) is -0.127. The van der Waals surface area contributed by atoms with Gasteiger partial charge in [0.1, 0.15) is 10.8 Å². The molecule has 0 aliphatic heterocycles. The van der Waals surface area contributed by atoms with Crippen molar-refractivity contribution in [3.05, 3.63) is 89.0 Å². The van der Waals surface area contributed by atoms with Crippen LogP contribution in [0.4, 0.5) is 18.9 Å². The first-order valence-corrected chi connectivity index (χ1v) is 12.3. The number of rotatable bonds is 5. The first kappa shape index (κ1) is 24.6. The van der Waals surface area contributed by atoms with E-state index in [2.05, 4.69) is 15.0 Å². The molecule has 0 saturated heterocycles. The van der Waals surface area contributed by atoms with Gasteiger partial charge >= 0.3 is 6.18 Å². The van der Waals surface area contributed by atoms with Crippen LogP contribution in [0, 0.1) is 0 Å². The number of hydrogen-bond acceptors (Lipinski definition) is 6. The first-order chi connectivity index (χ1) is 16.4. The van der Waals surface area contributed by atoms with Crippen molar-refractivity contribution >= 4 is 43.9 Å². The highest BCUT2D eigenvalue weighted by Gasteiger charge is 2.33. The fourth-order valence-corrected chi connectivity index (χ4v) is 4.37. The molecule has 4 rings (SSSR count). The molecule has 12 heteroatoms. The van der Waals surface area contributed by atoms with E-state index in [1.165, 1.54) is 18.3 Å². The number of anilines is 1. The largest absolute Gasteiger partial charge is 0.433 e. The van der Waals surface area contributed by atoms with Crippen LogP contribution in [0.5, 0.6) is 0 Å². The second kappa shape index (κ2) is 9.23. The topological polar surface area (TPSA) is 93.1 Å². The second-order valence-corrected chi connectivity index (χ2v) is 9.90. The molecule has 0 spiro atoms. The molecule has 7 nitrogen and oxygen atoms in total. The first-order valence-electron chi connectivity index (χ1n) is 9.99. The van der Waals surface area contributed by atoms with Gasteiger partial charge in [-0.15, -0.1) is 0 Å². The van der Waals surface area contributed by atoms with E-state index < -0.39 is 27.6 Å². The van der Waals surface area contributed by atoms with E-state index >= 15 is 0 Å². The molecule has 0 N–H and O–H groups in total. The van der Waals surface area contributed by atoms with Gasteiger partial charge in [-0.2, -0.15) is 13.2 Å². The van der Waals surface area contributed by atoms with Gasteiger partial charge in [0.25, 0.3) is 5.91 Å². The minimum Gasteiger partial charge on any atom is -0.301 e. The number of carbonyl (C=O) groups is 1. The van der Waals surface area contributed by atoms with Crippen LogP contribution in [-0.4, -0.2) is 35.5 Å². The van der Waals surface area contributed by atoms with E-state index in [-0.39, 0.29) is 28.0 Å². The molecule has 1 amide bonds. The number of benzene rings is 1. The summed E-state index contributed by atoms with van der Waals surface area (Å²) in [6.07, 6.45) is -1.66. The second-order valence-electron chi connectivity index (χ2n) is 7.58. The predicted molar refractivity (Wildman–Crippen MR) is 124 cm³/mol. The Balaban J connectivity index is 1.81. The minimum atomic E-state index is -4.67. The van der Waals surface area contributed by atoms with Gasteiger partial charge in [-0.1, -0.05) is 23.7 Å². The lowest BCUT2D eigenvalue weighted by atomic mass is 10.1. The summed E-state index contributed by atoms with van der Waals surface area (Å²) in [7, 11) is -3.85. The lowest BCUT2D eigenvalue weighted by molar-refractivity contribution is -0.141. The van der Waals surface area contributed by atoms with Gasteiger partial charge in [0, 0.05) is 24.0 Å². The fraction of sp³-hybridized carbons (Fsp3) is 0.130. The van der Waals surface area contributed by atoms with E-state index in [1.807, 2.05) is 0 Å². The van der Waals surface area contributed by atoms with Crippen molar-refractivity contribution in [3.8, 4) is 0 Å². The number of sulfone groups is 1. The molecule has 4 aromatic rings. The summed E-state index contributed by atoms with van der Waals surface area (Å²) in [5.74, 6) is -0.761. The van der Waals surface area contributed by atoms with Crippen LogP contribution in [-0.2, 0) is 22.6 Å². The van der Waals surface area contributed by atoms with Crippen molar-refractivity contribution in [2.75, 3.05) is 11.2 Å². The molecular weight excluding hydrogens is 505 g/mol. The number of pyridine rings is 3. The molecule has 3 aromatic heterocycles. The van der Waals surface area contributed by atoms with Gasteiger partial charge in [-0.25, -0.2) is 18.4 Å². The molecular formula is C23H16ClF3N4O3S. The molecule has 0 fully saturated rings. The third kappa shape index (κ3) is 5.41. The summed E-state index contributed by atoms with van der Waals surface area (Å²) < 4.78 is 63.5. The molecule has 35 heavy (non-hydrogen) atoms. The quantitative estimate of drug-likeness (QED) is 0.346. The van der Waals surface area contributed by atoms with Gasteiger partial charge < -0.3 is 4.90 Å². The maximum absolute atomic E-state index is 13.5. The van der Waals surface area contributed by atoms with Crippen LogP contribution in [0.15, 0.2) is 72.0 Å². The number of nitrogens with zero attached hydrogens (tertiary/aromatic N) is 4. The van der Waals surface area contributed by atoms with Crippen molar-refractivity contribution in [2.45, 2.75) is 17.7 Å². The molecule has 0 aliphatic carbocycles. The standard InChI is InChI=1S/C23H16ClF3N4O3S/c1-35(33,34)21-18(3-2-10-28-21)31(22(32)16-6-8-19(29-12-16)23(25,26)27)13-14-4-5-15-7-9-20(24)30-17(15)11-14/h2-12H,13H2,1H3. The molecule has 0 radical (unpaired) electrons. The van der Waals surface area contributed by atoms with Crippen LogP contribution < -0.4 is 4.90 Å². The van der Waals surface area contributed by atoms with E-state index in [4.69, 9.17) is 11.6 Å². The summed E-state index contributed by atoms with van der Waals surface area (Å²) >= 11 is 5.98. The maximum atomic E-state index is 13.5. The molecule has 1 aromatic carbocycles. The van der Waals surface area contributed by atoms with Crippen molar-refractivity contribution < 1.29 is 26.4 Å². The lowest BCUT2D eigenvalue weighted by Crippen LogP contribution is -2.32. The van der Waals surface area contributed by atoms with Crippen LogP contribution in [0.1, 0.15) is 21.6 Å². The Labute approximate surface area is 203 Å². The van der Waals surface area contributed by atoms with Crippen LogP contribution in [0.25, 0.3) is 10.9 Å². The van der Waals surface area contributed by atoms with Gasteiger partial charge in [-0.05, 0) is 48.0 Å². The van der Waals surface area contributed by atoms with Gasteiger partial charge in [0.2, 0.25) is 0 Å². The zero-order valence-corrected chi connectivity index (χ0v) is 19.6. The Morgan fingerprint density at radius 3 is 2.46 bits per heavy atom. The highest BCUT2D eigenvalue weighted by molar-refractivity contribution is 7.90. The molecule has 0 bridgehead atoms. The molecule has 0 aliphatic rings. The Kier molecular flexibility index (Phi) is 6.48. The summed E-state index contributed by atoms with van der Waals surface area (Å²) in [5.41, 5.74) is -0.226.